The summed E-state index contributed by atoms with van der Waals surface area (Å²) in [5, 5.41) is 48.5. The van der Waals surface area contributed by atoms with Gasteiger partial charge in [-0.15, -0.1) is 0 Å². The first-order valence-electron chi connectivity index (χ1n) is 23.6. The lowest BCUT2D eigenvalue weighted by Crippen LogP contribution is -2.62. The van der Waals surface area contributed by atoms with Gasteiger partial charge in [0.15, 0.2) is 0 Å². The van der Waals surface area contributed by atoms with E-state index in [0.717, 1.165) is 38.5 Å². The Hall–Kier alpha value is -4.15. The van der Waals surface area contributed by atoms with Crippen molar-refractivity contribution < 1.29 is 39.2 Å². The normalized spacial score (nSPS) is 30.0. The molecule has 0 aliphatic heterocycles. The number of H-pyrrole nitrogens is 1. The second-order valence-electron chi connectivity index (χ2n) is 19.9. The van der Waals surface area contributed by atoms with E-state index in [-0.39, 0.29) is 94.8 Å². The Bertz CT molecular complexity index is 2080. The fourth-order valence-electron chi connectivity index (χ4n) is 12.5. The molecule has 0 spiro atoms. The van der Waals surface area contributed by atoms with E-state index < -0.39 is 12.2 Å². The molecule has 1 aromatic carbocycles. The lowest BCUT2D eigenvalue weighted by atomic mass is 9.43. The molecule has 6 rings (SSSR count). The number of aromatic nitrogens is 1. The van der Waals surface area contributed by atoms with Crippen LogP contribution in [0.25, 0.3) is 0 Å². The Morgan fingerprint density at radius 3 is 1.98 bits per heavy atom. The van der Waals surface area contributed by atoms with Gasteiger partial charge >= 0.3 is 0 Å². The number of hydrogen-bond acceptors (Lipinski definition) is 10. The summed E-state index contributed by atoms with van der Waals surface area (Å²) in [6, 6.07) is 4.93. The van der Waals surface area contributed by atoms with Gasteiger partial charge in [0.1, 0.15) is 0 Å². The number of hydrogen-bond donors (Lipinski definition) is 9. The van der Waals surface area contributed by atoms with Gasteiger partial charge in [0, 0.05) is 73.6 Å². The molecule has 11 atom stereocenters. The number of carbonyl (C=O) groups is 4. The zero-order valence-electron chi connectivity index (χ0n) is 39.0. The monoisotopic (exact) mass is 891 g/mol. The van der Waals surface area contributed by atoms with E-state index in [1.165, 1.54) is 0 Å². The molecule has 0 saturated heterocycles. The number of ether oxygens (including phenoxy) is 1. The summed E-state index contributed by atoms with van der Waals surface area (Å²) in [5.74, 6) is 0.195. The van der Waals surface area contributed by atoms with E-state index in [1.54, 1.807) is 32.0 Å². The third-order valence-electron chi connectivity index (χ3n) is 16.2. The van der Waals surface area contributed by atoms with Crippen LogP contribution in [0.1, 0.15) is 126 Å². The van der Waals surface area contributed by atoms with Gasteiger partial charge in [0.25, 0.3) is 23.3 Å². The zero-order chi connectivity index (χ0) is 46.5. The summed E-state index contributed by atoms with van der Waals surface area (Å²) in [7, 11) is 0. The number of nitrogens with one attached hydrogen (secondary N) is 6. The number of aliphatic hydroxyl groups is 3. The van der Waals surface area contributed by atoms with Crippen molar-refractivity contribution in [3.63, 3.8) is 0 Å². The molecule has 4 amide bonds. The summed E-state index contributed by atoms with van der Waals surface area (Å²) in [4.78, 5) is 66.2. The molecule has 64 heavy (non-hydrogen) atoms. The van der Waals surface area contributed by atoms with Crippen molar-refractivity contribution in [2.24, 2.45) is 46.3 Å². The molecule has 1 aromatic heterocycles. The summed E-state index contributed by atoms with van der Waals surface area (Å²) in [5.41, 5.74) is 3.05. The van der Waals surface area contributed by atoms with Crippen LogP contribution in [0.5, 0.6) is 0 Å². The Labute approximate surface area is 378 Å². The number of benzene rings is 1. The molecule has 4 saturated carbocycles. The molecule has 354 valence electrons. The fraction of sp³-hybridized carbons (Fsp3) is 0.694. The fourth-order valence-corrected chi connectivity index (χ4v) is 12.5. The SMILES string of the molecule is Cc1cc(C(=O)NCCNCCNC(=O)c2ccc(C(=O)NCCOCCNC(=O)CC(C)C3CCC4C5C(O)CC6C[C@@H](O)CC[C@@]6(C)C5C[C@@H](O)[C@@]34C)c(C)c2C)c(C)c(=O)[nH]1. The summed E-state index contributed by atoms with van der Waals surface area (Å²) in [6.07, 6.45) is 4.88. The highest BCUT2D eigenvalue weighted by atomic mass is 16.5. The molecule has 1 heterocycles. The summed E-state index contributed by atoms with van der Waals surface area (Å²) < 4.78 is 5.71. The first-order valence-corrected chi connectivity index (χ1v) is 23.6. The van der Waals surface area contributed by atoms with Crippen molar-refractivity contribution in [1.82, 2.24) is 31.6 Å². The van der Waals surface area contributed by atoms with Crippen LogP contribution in [-0.2, 0) is 9.53 Å². The third-order valence-corrected chi connectivity index (χ3v) is 16.2. The number of aryl methyl sites for hydroxylation is 1. The van der Waals surface area contributed by atoms with E-state index in [1.807, 2.05) is 13.8 Å². The second-order valence-corrected chi connectivity index (χ2v) is 19.9. The molecule has 4 aliphatic rings. The van der Waals surface area contributed by atoms with Gasteiger partial charge in [-0.3, -0.25) is 24.0 Å². The van der Waals surface area contributed by atoms with Crippen LogP contribution >= 0.6 is 0 Å². The number of rotatable bonds is 18. The Morgan fingerprint density at radius 1 is 0.750 bits per heavy atom. The highest BCUT2D eigenvalue weighted by Crippen LogP contribution is 2.68. The molecule has 4 aliphatic carbocycles. The van der Waals surface area contributed by atoms with E-state index in [9.17, 15) is 39.3 Å². The first kappa shape index (κ1) is 49.3. The van der Waals surface area contributed by atoms with Gasteiger partial charge in [-0.2, -0.15) is 0 Å². The number of carbonyl (C=O) groups excluding carboxylic acids is 4. The van der Waals surface area contributed by atoms with Crippen molar-refractivity contribution >= 4 is 23.6 Å². The van der Waals surface area contributed by atoms with Gasteiger partial charge in [0.05, 0.1) is 31.5 Å². The molecular weight excluding hydrogens is 817 g/mol. The van der Waals surface area contributed by atoms with Crippen molar-refractivity contribution in [2.45, 2.75) is 118 Å². The van der Waals surface area contributed by atoms with Gasteiger partial charge in [-0.25, -0.2) is 0 Å². The van der Waals surface area contributed by atoms with Gasteiger partial charge in [-0.05, 0) is 148 Å². The van der Waals surface area contributed by atoms with Gasteiger partial charge in [0.2, 0.25) is 5.91 Å². The first-order chi connectivity index (χ1) is 30.4. The number of aliphatic hydroxyl groups excluding tert-OH is 3. The average Bonchev–Trinajstić information content (AvgIpc) is 3.61. The van der Waals surface area contributed by atoms with Crippen LogP contribution in [-0.4, -0.2) is 115 Å². The molecule has 2 aromatic rings. The molecular formula is C49H74N6O9. The van der Waals surface area contributed by atoms with E-state index in [2.05, 4.69) is 52.3 Å². The van der Waals surface area contributed by atoms with Gasteiger partial charge in [-0.1, -0.05) is 20.8 Å². The van der Waals surface area contributed by atoms with Crippen LogP contribution in [0.15, 0.2) is 23.0 Å². The van der Waals surface area contributed by atoms with Crippen molar-refractivity contribution in [1.29, 1.82) is 0 Å². The lowest BCUT2D eigenvalue weighted by molar-refractivity contribution is -0.207. The Morgan fingerprint density at radius 2 is 1.34 bits per heavy atom. The predicted molar refractivity (Wildman–Crippen MR) is 244 cm³/mol. The van der Waals surface area contributed by atoms with Crippen molar-refractivity contribution in [2.75, 3.05) is 52.5 Å². The third kappa shape index (κ3) is 10.4. The van der Waals surface area contributed by atoms with Crippen LogP contribution in [0, 0.1) is 74.0 Å². The molecule has 4 fully saturated rings. The minimum atomic E-state index is -0.494. The Balaban J connectivity index is 0.851. The van der Waals surface area contributed by atoms with Gasteiger partial charge < -0.3 is 51.6 Å². The van der Waals surface area contributed by atoms with E-state index >= 15 is 0 Å². The van der Waals surface area contributed by atoms with Crippen LogP contribution in [0.4, 0.5) is 0 Å². The van der Waals surface area contributed by atoms with Crippen LogP contribution < -0.4 is 32.1 Å². The standard InChI is InChI=1S/C49H74N6O9/c1-27(37-10-11-38-43-39(26-41(58)49(37,38)7)48(6)13-12-33(56)24-32(48)25-40(43)57)22-42(59)51-18-20-64-21-19-54-46(62)35-9-8-34(29(3)30(35)4)45(61)52-16-14-50-15-17-53-47(63)36-23-28(2)55-44(60)31(36)5/h8-9,23,27,32-33,37-41,43,50,56-58H,10-22,24-26H2,1-7H3,(H,51,59)(H,52,61)(H,53,63)(H,54,62)(H,55,60)/t27?,32?,33-,37?,38?,39?,40?,41+,43?,48+,49-/m0/s1. The van der Waals surface area contributed by atoms with Crippen LogP contribution in [0.3, 0.4) is 0 Å². The van der Waals surface area contributed by atoms with E-state index in [0.29, 0.717) is 91.2 Å². The highest BCUT2D eigenvalue weighted by molar-refractivity contribution is 6.00. The number of fused-ring (bicyclic) bond motifs is 5. The molecule has 9 N–H and O–H groups in total. The maximum Gasteiger partial charge on any atom is 0.251 e. The molecule has 7 unspecified atom stereocenters. The molecule has 15 heteroatoms. The quantitative estimate of drug-likeness (QED) is 0.0993. The molecule has 0 radical (unpaired) electrons. The Kier molecular flexibility index (Phi) is 16.2. The number of pyridine rings is 1. The van der Waals surface area contributed by atoms with E-state index in [4.69, 9.17) is 4.74 Å². The average molecular weight is 891 g/mol. The zero-order valence-corrected chi connectivity index (χ0v) is 39.0. The predicted octanol–water partition coefficient (Wildman–Crippen LogP) is 3.21. The number of amides is 4. The highest BCUT2D eigenvalue weighted by Gasteiger charge is 2.65. The second kappa shape index (κ2) is 21.0. The summed E-state index contributed by atoms with van der Waals surface area (Å²) >= 11 is 0. The van der Waals surface area contributed by atoms with Crippen molar-refractivity contribution in [3.05, 3.63) is 67.6 Å². The largest absolute Gasteiger partial charge is 0.393 e. The topological polar surface area (TPSA) is 231 Å². The smallest absolute Gasteiger partial charge is 0.251 e. The minimum absolute atomic E-state index is 0.0239. The molecule has 15 nitrogen and oxygen atoms in total. The maximum atomic E-state index is 13.1. The lowest BCUT2D eigenvalue weighted by Gasteiger charge is -2.63. The van der Waals surface area contributed by atoms with Crippen LogP contribution in [0.2, 0.25) is 0 Å². The maximum absolute atomic E-state index is 13.1. The minimum Gasteiger partial charge on any atom is -0.393 e. The van der Waals surface area contributed by atoms with Crippen molar-refractivity contribution in [3.8, 4) is 0 Å². The number of aromatic amines is 1. The molecule has 0 bridgehead atoms. The summed E-state index contributed by atoms with van der Waals surface area (Å²) in [6.45, 7) is 16.4.